The van der Waals surface area contributed by atoms with Gasteiger partial charge in [-0.1, -0.05) is 42.5 Å². The summed E-state index contributed by atoms with van der Waals surface area (Å²) in [6.07, 6.45) is 0. The van der Waals surface area contributed by atoms with Crippen LogP contribution in [0.3, 0.4) is 0 Å². The van der Waals surface area contributed by atoms with Gasteiger partial charge in [-0.15, -0.1) is 0 Å². The van der Waals surface area contributed by atoms with E-state index in [-0.39, 0.29) is 0 Å². The number of hydrogen-bond acceptors (Lipinski definition) is 1. The van der Waals surface area contributed by atoms with E-state index >= 15 is 0 Å². The van der Waals surface area contributed by atoms with Crippen molar-refractivity contribution < 1.29 is 4.74 Å². The number of methoxy groups -OCH3 is 1. The SMILES string of the molecule is COc1cccc2c(C)c(-c3ccccc3)[nH]c12. The quantitative estimate of drug-likeness (QED) is 0.711. The molecule has 1 heterocycles. The molecule has 0 aliphatic carbocycles. The Morgan fingerprint density at radius 2 is 1.72 bits per heavy atom. The smallest absolute Gasteiger partial charge is 0.142 e. The van der Waals surface area contributed by atoms with E-state index in [2.05, 4.69) is 42.2 Å². The van der Waals surface area contributed by atoms with Crippen molar-refractivity contribution in [3.63, 3.8) is 0 Å². The number of aromatic amines is 1. The number of aromatic nitrogens is 1. The molecule has 0 atom stereocenters. The molecule has 0 saturated heterocycles. The fourth-order valence-corrected chi connectivity index (χ4v) is 2.39. The maximum atomic E-state index is 5.40. The molecule has 0 saturated carbocycles. The largest absolute Gasteiger partial charge is 0.495 e. The van der Waals surface area contributed by atoms with Crippen molar-refractivity contribution >= 4 is 10.9 Å². The van der Waals surface area contributed by atoms with Crippen LogP contribution in [0.4, 0.5) is 0 Å². The Hall–Kier alpha value is -2.22. The highest BCUT2D eigenvalue weighted by molar-refractivity contribution is 5.94. The van der Waals surface area contributed by atoms with Gasteiger partial charge in [0.05, 0.1) is 12.6 Å². The van der Waals surface area contributed by atoms with Crippen molar-refractivity contribution in [3.8, 4) is 17.0 Å². The second-order valence-electron chi connectivity index (χ2n) is 4.37. The van der Waals surface area contributed by atoms with E-state index in [0.29, 0.717) is 0 Å². The minimum atomic E-state index is 0.887. The predicted molar refractivity (Wildman–Crippen MR) is 75.0 cm³/mol. The molecule has 0 bridgehead atoms. The molecule has 1 aromatic heterocycles. The lowest BCUT2D eigenvalue weighted by Gasteiger charge is -2.00. The molecule has 1 N–H and O–H groups in total. The van der Waals surface area contributed by atoms with Gasteiger partial charge in [0.25, 0.3) is 0 Å². The first-order valence-electron chi connectivity index (χ1n) is 6.02. The third-order valence-corrected chi connectivity index (χ3v) is 3.34. The molecule has 0 spiro atoms. The van der Waals surface area contributed by atoms with Gasteiger partial charge < -0.3 is 9.72 Å². The second kappa shape index (κ2) is 4.22. The topological polar surface area (TPSA) is 25.0 Å². The molecular weight excluding hydrogens is 222 g/mol. The zero-order valence-electron chi connectivity index (χ0n) is 10.5. The molecule has 0 aliphatic rings. The highest BCUT2D eigenvalue weighted by Crippen LogP contribution is 2.33. The van der Waals surface area contributed by atoms with Crippen molar-refractivity contribution in [2.75, 3.05) is 7.11 Å². The molecule has 0 fully saturated rings. The summed E-state index contributed by atoms with van der Waals surface area (Å²) in [7, 11) is 1.70. The Kier molecular flexibility index (Phi) is 2.56. The highest BCUT2D eigenvalue weighted by atomic mass is 16.5. The molecule has 2 heteroatoms. The fourth-order valence-electron chi connectivity index (χ4n) is 2.39. The Bertz CT molecular complexity index is 683. The standard InChI is InChI=1S/C16H15NO/c1-11-13-9-6-10-14(18-2)16(13)17-15(11)12-7-4-3-5-8-12/h3-10,17H,1-2H3. The van der Waals surface area contributed by atoms with Crippen LogP contribution in [0, 0.1) is 6.92 Å². The first-order chi connectivity index (χ1) is 8.81. The van der Waals surface area contributed by atoms with E-state index in [1.807, 2.05) is 18.2 Å². The summed E-state index contributed by atoms with van der Waals surface area (Å²) >= 11 is 0. The van der Waals surface area contributed by atoms with Crippen molar-refractivity contribution in [2.45, 2.75) is 6.92 Å². The Morgan fingerprint density at radius 3 is 2.44 bits per heavy atom. The molecule has 2 aromatic carbocycles. The van der Waals surface area contributed by atoms with Gasteiger partial charge in [-0.05, 0) is 24.1 Å². The number of fused-ring (bicyclic) bond motifs is 1. The van der Waals surface area contributed by atoms with Crippen LogP contribution in [0.1, 0.15) is 5.56 Å². The summed E-state index contributed by atoms with van der Waals surface area (Å²) in [6.45, 7) is 2.14. The Labute approximate surface area is 106 Å². The second-order valence-corrected chi connectivity index (χ2v) is 4.37. The van der Waals surface area contributed by atoms with Crippen molar-refractivity contribution in [2.24, 2.45) is 0 Å². The van der Waals surface area contributed by atoms with E-state index in [1.54, 1.807) is 7.11 Å². The monoisotopic (exact) mass is 237 g/mol. The molecule has 0 aliphatic heterocycles. The number of hydrogen-bond donors (Lipinski definition) is 1. The number of ether oxygens (including phenoxy) is 1. The normalized spacial score (nSPS) is 10.8. The van der Waals surface area contributed by atoms with E-state index in [4.69, 9.17) is 4.74 Å². The zero-order chi connectivity index (χ0) is 12.5. The summed E-state index contributed by atoms with van der Waals surface area (Å²) in [6, 6.07) is 16.5. The Balaban J connectivity index is 2.29. The van der Waals surface area contributed by atoms with Gasteiger partial charge in [-0.3, -0.25) is 0 Å². The minimum absolute atomic E-state index is 0.887. The molecular formula is C16H15NO. The summed E-state index contributed by atoms with van der Waals surface area (Å²) < 4.78 is 5.40. The highest BCUT2D eigenvalue weighted by Gasteiger charge is 2.11. The summed E-state index contributed by atoms with van der Waals surface area (Å²) in [5.74, 6) is 0.887. The van der Waals surface area contributed by atoms with E-state index < -0.39 is 0 Å². The fraction of sp³-hybridized carbons (Fsp3) is 0.125. The molecule has 3 aromatic rings. The number of H-pyrrole nitrogens is 1. The molecule has 0 radical (unpaired) electrons. The molecule has 3 rings (SSSR count). The van der Waals surface area contributed by atoms with Gasteiger partial charge in [0, 0.05) is 11.1 Å². The van der Waals surface area contributed by atoms with Gasteiger partial charge in [0.2, 0.25) is 0 Å². The summed E-state index contributed by atoms with van der Waals surface area (Å²) in [4.78, 5) is 3.47. The third-order valence-electron chi connectivity index (χ3n) is 3.34. The molecule has 90 valence electrons. The van der Waals surface area contributed by atoms with Crippen molar-refractivity contribution in [3.05, 3.63) is 54.1 Å². The number of nitrogens with one attached hydrogen (secondary N) is 1. The summed E-state index contributed by atoms with van der Waals surface area (Å²) in [5.41, 5.74) is 4.69. The van der Waals surface area contributed by atoms with Crippen LogP contribution in [0.2, 0.25) is 0 Å². The van der Waals surface area contributed by atoms with Gasteiger partial charge in [-0.25, -0.2) is 0 Å². The van der Waals surface area contributed by atoms with Crippen molar-refractivity contribution in [1.29, 1.82) is 0 Å². The van der Waals surface area contributed by atoms with E-state index in [0.717, 1.165) is 17.0 Å². The predicted octanol–water partition coefficient (Wildman–Crippen LogP) is 4.15. The van der Waals surface area contributed by atoms with Crippen LogP contribution in [0.5, 0.6) is 5.75 Å². The number of benzene rings is 2. The lowest BCUT2D eigenvalue weighted by Crippen LogP contribution is -1.83. The molecule has 0 unspecified atom stereocenters. The number of aryl methyl sites for hydroxylation is 1. The van der Waals surface area contributed by atoms with Crippen LogP contribution < -0.4 is 4.74 Å². The number of rotatable bonds is 2. The number of para-hydroxylation sites is 1. The van der Waals surface area contributed by atoms with Crippen LogP contribution in [0.15, 0.2) is 48.5 Å². The maximum Gasteiger partial charge on any atom is 0.142 e. The van der Waals surface area contributed by atoms with E-state index in [1.165, 1.54) is 16.5 Å². The maximum absolute atomic E-state index is 5.40. The van der Waals surface area contributed by atoms with Gasteiger partial charge in [-0.2, -0.15) is 0 Å². The van der Waals surface area contributed by atoms with Gasteiger partial charge >= 0.3 is 0 Å². The molecule has 2 nitrogen and oxygen atoms in total. The van der Waals surface area contributed by atoms with E-state index in [9.17, 15) is 0 Å². The lowest BCUT2D eigenvalue weighted by atomic mass is 10.1. The molecule has 0 amide bonds. The zero-order valence-corrected chi connectivity index (χ0v) is 10.5. The van der Waals surface area contributed by atoms with Gasteiger partial charge in [0.1, 0.15) is 5.75 Å². The molecule has 18 heavy (non-hydrogen) atoms. The lowest BCUT2D eigenvalue weighted by molar-refractivity contribution is 0.419. The van der Waals surface area contributed by atoms with Crippen molar-refractivity contribution in [1.82, 2.24) is 4.98 Å². The Morgan fingerprint density at radius 1 is 0.944 bits per heavy atom. The van der Waals surface area contributed by atoms with Crippen LogP contribution in [0.25, 0.3) is 22.2 Å². The van der Waals surface area contributed by atoms with Crippen LogP contribution in [-0.4, -0.2) is 12.1 Å². The average Bonchev–Trinajstić information content (AvgIpc) is 2.77. The average molecular weight is 237 g/mol. The first kappa shape index (κ1) is 10.9. The third kappa shape index (κ3) is 1.58. The van der Waals surface area contributed by atoms with Crippen LogP contribution >= 0.6 is 0 Å². The minimum Gasteiger partial charge on any atom is -0.495 e. The van der Waals surface area contributed by atoms with Crippen LogP contribution in [-0.2, 0) is 0 Å². The first-order valence-corrected chi connectivity index (χ1v) is 6.02. The van der Waals surface area contributed by atoms with Gasteiger partial charge in [0.15, 0.2) is 0 Å². The summed E-state index contributed by atoms with van der Waals surface area (Å²) in [5, 5.41) is 1.22.